The van der Waals surface area contributed by atoms with Crippen LogP contribution in [0.3, 0.4) is 0 Å². The van der Waals surface area contributed by atoms with Gasteiger partial charge in [-0.1, -0.05) is 13.0 Å². The van der Waals surface area contributed by atoms with Gasteiger partial charge in [-0.25, -0.2) is 0 Å². The summed E-state index contributed by atoms with van der Waals surface area (Å²) in [4.78, 5) is 11.9. The van der Waals surface area contributed by atoms with Crippen molar-refractivity contribution in [2.75, 3.05) is 19.7 Å². The molecule has 1 fully saturated rings. The summed E-state index contributed by atoms with van der Waals surface area (Å²) < 4.78 is 5.42. The van der Waals surface area contributed by atoms with Gasteiger partial charge >= 0.3 is 0 Å². The van der Waals surface area contributed by atoms with E-state index in [1.165, 1.54) is 0 Å². The molecule has 0 bridgehead atoms. The number of rotatable bonds is 6. The van der Waals surface area contributed by atoms with E-state index in [1.54, 1.807) is 13.0 Å². The lowest BCUT2D eigenvalue weighted by atomic mass is 9.95. The SMILES string of the molecule is C=CCCOC(C)C(=O)NC1CCNCC1C. The average molecular weight is 240 g/mol. The first-order valence-corrected chi connectivity index (χ1v) is 6.38. The summed E-state index contributed by atoms with van der Waals surface area (Å²) in [5.41, 5.74) is 0. The van der Waals surface area contributed by atoms with E-state index in [-0.39, 0.29) is 18.1 Å². The first-order valence-electron chi connectivity index (χ1n) is 6.38. The molecule has 4 heteroatoms. The zero-order valence-electron chi connectivity index (χ0n) is 10.9. The number of carbonyl (C=O) groups excluding carboxylic acids is 1. The second kappa shape index (κ2) is 7.45. The molecule has 0 spiro atoms. The van der Waals surface area contributed by atoms with Crippen molar-refractivity contribution in [1.29, 1.82) is 0 Å². The Kier molecular flexibility index (Phi) is 6.22. The van der Waals surface area contributed by atoms with Gasteiger partial charge in [0.25, 0.3) is 0 Å². The molecule has 0 saturated carbocycles. The number of hydrogen-bond donors (Lipinski definition) is 2. The highest BCUT2D eigenvalue weighted by Gasteiger charge is 2.24. The molecule has 1 amide bonds. The fraction of sp³-hybridized carbons (Fsp3) is 0.769. The van der Waals surface area contributed by atoms with Crippen LogP contribution in [0.25, 0.3) is 0 Å². The van der Waals surface area contributed by atoms with Gasteiger partial charge in [0, 0.05) is 6.04 Å². The monoisotopic (exact) mass is 240 g/mol. The van der Waals surface area contributed by atoms with Crippen molar-refractivity contribution in [2.24, 2.45) is 5.92 Å². The van der Waals surface area contributed by atoms with Crippen LogP contribution < -0.4 is 10.6 Å². The van der Waals surface area contributed by atoms with Gasteiger partial charge in [-0.2, -0.15) is 0 Å². The van der Waals surface area contributed by atoms with Crippen molar-refractivity contribution in [3.8, 4) is 0 Å². The number of nitrogens with one attached hydrogen (secondary N) is 2. The van der Waals surface area contributed by atoms with Gasteiger partial charge in [0.05, 0.1) is 6.61 Å². The highest BCUT2D eigenvalue weighted by molar-refractivity contribution is 5.80. The van der Waals surface area contributed by atoms with Crippen LogP contribution in [0.2, 0.25) is 0 Å². The second-order valence-corrected chi connectivity index (χ2v) is 4.68. The normalized spacial score (nSPS) is 26.2. The van der Waals surface area contributed by atoms with Crippen LogP contribution in [0.5, 0.6) is 0 Å². The van der Waals surface area contributed by atoms with Gasteiger partial charge < -0.3 is 15.4 Å². The van der Waals surface area contributed by atoms with Crippen molar-refractivity contribution in [3.63, 3.8) is 0 Å². The van der Waals surface area contributed by atoms with Crippen LogP contribution in [-0.4, -0.2) is 37.7 Å². The second-order valence-electron chi connectivity index (χ2n) is 4.68. The van der Waals surface area contributed by atoms with Crippen molar-refractivity contribution in [2.45, 2.75) is 38.8 Å². The molecule has 2 N–H and O–H groups in total. The molecule has 0 radical (unpaired) electrons. The molecule has 3 atom stereocenters. The summed E-state index contributed by atoms with van der Waals surface area (Å²) in [7, 11) is 0. The summed E-state index contributed by atoms with van der Waals surface area (Å²) in [6.07, 6.45) is 3.18. The maximum Gasteiger partial charge on any atom is 0.249 e. The van der Waals surface area contributed by atoms with Gasteiger partial charge in [0.15, 0.2) is 0 Å². The fourth-order valence-corrected chi connectivity index (χ4v) is 1.93. The number of piperidine rings is 1. The Balaban J connectivity index is 2.28. The van der Waals surface area contributed by atoms with E-state index in [9.17, 15) is 4.79 Å². The number of hydrogen-bond acceptors (Lipinski definition) is 3. The summed E-state index contributed by atoms with van der Waals surface area (Å²) >= 11 is 0. The Labute approximate surface area is 104 Å². The topological polar surface area (TPSA) is 50.4 Å². The minimum Gasteiger partial charge on any atom is -0.368 e. The van der Waals surface area contributed by atoms with E-state index in [1.807, 2.05) is 0 Å². The third kappa shape index (κ3) is 4.88. The molecule has 0 aliphatic carbocycles. The molecule has 3 unspecified atom stereocenters. The summed E-state index contributed by atoms with van der Waals surface area (Å²) in [6, 6.07) is 0.272. The van der Waals surface area contributed by atoms with Crippen molar-refractivity contribution in [3.05, 3.63) is 12.7 Å². The third-order valence-corrected chi connectivity index (χ3v) is 3.17. The smallest absolute Gasteiger partial charge is 0.249 e. The van der Waals surface area contributed by atoms with E-state index >= 15 is 0 Å². The minimum atomic E-state index is -0.378. The fourth-order valence-electron chi connectivity index (χ4n) is 1.93. The largest absolute Gasteiger partial charge is 0.368 e. The Hall–Kier alpha value is -0.870. The molecule has 1 aliphatic heterocycles. The molecule has 0 aromatic rings. The number of carbonyl (C=O) groups is 1. The Morgan fingerprint density at radius 1 is 1.71 bits per heavy atom. The Bertz CT molecular complexity index is 256. The van der Waals surface area contributed by atoms with Gasteiger partial charge in [-0.05, 0) is 38.8 Å². The molecule has 0 aromatic heterocycles. The van der Waals surface area contributed by atoms with Crippen LogP contribution in [-0.2, 0) is 9.53 Å². The van der Waals surface area contributed by atoms with E-state index in [4.69, 9.17) is 4.74 Å². The average Bonchev–Trinajstić information content (AvgIpc) is 2.32. The van der Waals surface area contributed by atoms with Gasteiger partial charge in [0.2, 0.25) is 5.91 Å². The van der Waals surface area contributed by atoms with Gasteiger partial charge in [-0.15, -0.1) is 6.58 Å². The van der Waals surface area contributed by atoms with Crippen LogP contribution in [0.4, 0.5) is 0 Å². The van der Waals surface area contributed by atoms with Crippen molar-refractivity contribution >= 4 is 5.91 Å². The number of ether oxygens (including phenoxy) is 1. The van der Waals surface area contributed by atoms with Gasteiger partial charge in [0.1, 0.15) is 6.10 Å². The molecule has 17 heavy (non-hydrogen) atoms. The predicted molar refractivity (Wildman–Crippen MR) is 68.8 cm³/mol. The Morgan fingerprint density at radius 2 is 2.47 bits per heavy atom. The first-order chi connectivity index (χ1) is 8.15. The lowest BCUT2D eigenvalue weighted by Crippen LogP contribution is -2.50. The summed E-state index contributed by atoms with van der Waals surface area (Å²) in [6.45, 7) is 10.1. The lowest BCUT2D eigenvalue weighted by molar-refractivity contribution is -0.132. The van der Waals surface area contributed by atoms with Gasteiger partial charge in [-0.3, -0.25) is 4.79 Å². The quantitative estimate of drug-likeness (QED) is 0.539. The highest BCUT2D eigenvalue weighted by Crippen LogP contribution is 2.10. The highest BCUT2D eigenvalue weighted by atomic mass is 16.5. The maximum atomic E-state index is 11.9. The van der Waals surface area contributed by atoms with Crippen molar-refractivity contribution < 1.29 is 9.53 Å². The summed E-state index contributed by atoms with van der Waals surface area (Å²) in [5.74, 6) is 0.473. The molecule has 0 aromatic carbocycles. The van der Waals surface area contributed by atoms with E-state index in [0.717, 1.165) is 25.9 Å². The Morgan fingerprint density at radius 3 is 3.12 bits per heavy atom. The first kappa shape index (κ1) is 14.2. The van der Waals surface area contributed by atoms with E-state index < -0.39 is 0 Å². The summed E-state index contributed by atoms with van der Waals surface area (Å²) in [5, 5.41) is 6.38. The predicted octanol–water partition coefficient (Wildman–Crippen LogP) is 1.08. The maximum absolute atomic E-state index is 11.9. The van der Waals surface area contributed by atoms with E-state index in [0.29, 0.717) is 12.5 Å². The minimum absolute atomic E-state index is 0.00666. The zero-order chi connectivity index (χ0) is 12.7. The van der Waals surface area contributed by atoms with Crippen LogP contribution >= 0.6 is 0 Å². The molecule has 1 rings (SSSR count). The number of amides is 1. The standard InChI is InChI=1S/C13H24N2O2/c1-4-5-8-17-11(3)13(16)15-12-6-7-14-9-10(12)2/h4,10-12,14H,1,5-9H2,2-3H3,(H,15,16). The molecular weight excluding hydrogens is 216 g/mol. The van der Waals surface area contributed by atoms with E-state index in [2.05, 4.69) is 24.1 Å². The lowest BCUT2D eigenvalue weighted by Gasteiger charge is -2.31. The van der Waals surface area contributed by atoms with Crippen LogP contribution in [0.1, 0.15) is 26.7 Å². The molecule has 1 heterocycles. The van der Waals surface area contributed by atoms with Crippen LogP contribution in [0, 0.1) is 5.92 Å². The molecule has 98 valence electrons. The molecular formula is C13H24N2O2. The third-order valence-electron chi connectivity index (χ3n) is 3.17. The molecule has 4 nitrogen and oxygen atoms in total. The molecule has 1 saturated heterocycles. The van der Waals surface area contributed by atoms with Crippen LogP contribution in [0.15, 0.2) is 12.7 Å². The zero-order valence-corrected chi connectivity index (χ0v) is 10.9. The molecule has 1 aliphatic rings. The van der Waals surface area contributed by atoms with Crippen molar-refractivity contribution in [1.82, 2.24) is 10.6 Å².